The topological polar surface area (TPSA) is 41.6 Å². The summed E-state index contributed by atoms with van der Waals surface area (Å²) in [7, 11) is 0. The SMILES string of the molecule is CC1CC2(COC(=O)N2)CN1C1CC1. The van der Waals surface area contributed by atoms with Crippen molar-refractivity contribution in [3.63, 3.8) is 0 Å². The third-order valence-electron chi connectivity index (χ3n) is 3.60. The minimum Gasteiger partial charge on any atom is -0.447 e. The van der Waals surface area contributed by atoms with E-state index in [0.717, 1.165) is 19.0 Å². The van der Waals surface area contributed by atoms with Crippen LogP contribution < -0.4 is 5.32 Å². The molecule has 0 aromatic carbocycles. The van der Waals surface area contributed by atoms with E-state index in [1.807, 2.05) is 0 Å². The number of likely N-dealkylation sites (tertiary alicyclic amines) is 1. The largest absolute Gasteiger partial charge is 0.447 e. The van der Waals surface area contributed by atoms with Crippen LogP contribution in [0, 0.1) is 0 Å². The molecule has 14 heavy (non-hydrogen) atoms. The van der Waals surface area contributed by atoms with Gasteiger partial charge in [0.05, 0.1) is 5.54 Å². The summed E-state index contributed by atoms with van der Waals surface area (Å²) in [6.07, 6.45) is 3.45. The van der Waals surface area contributed by atoms with Crippen LogP contribution in [0.15, 0.2) is 0 Å². The molecule has 0 bridgehead atoms. The first-order valence-corrected chi connectivity index (χ1v) is 5.39. The Labute approximate surface area is 83.6 Å². The summed E-state index contributed by atoms with van der Waals surface area (Å²) in [5, 5.41) is 2.97. The predicted octanol–water partition coefficient (Wildman–Crippen LogP) is 0.722. The van der Waals surface area contributed by atoms with Gasteiger partial charge in [0, 0.05) is 18.6 Å². The number of nitrogens with one attached hydrogen (secondary N) is 1. The number of amides is 1. The summed E-state index contributed by atoms with van der Waals surface area (Å²) in [5.74, 6) is 0. The predicted molar refractivity (Wildman–Crippen MR) is 51.0 cm³/mol. The fourth-order valence-corrected chi connectivity index (χ4v) is 2.84. The van der Waals surface area contributed by atoms with Crippen molar-refractivity contribution in [3.05, 3.63) is 0 Å². The third-order valence-corrected chi connectivity index (χ3v) is 3.60. The van der Waals surface area contributed by atoms with Crippen molar-refractivity contribution >= 4 is 6.09 Å². The number of nitrogens with zero attached hydrogens (tertiary/aromatic N) is 1. The van der Waals surface area contributed by atoms with Crippen LogP contribution in [0.1, 0.15) is 26.2 Å². The number of rotatable bonds is 1. The monoisotopic (exact) mass is 196 g/mol. The van der Waals surface area contributed by atoms with Crippen molar-refractivity contribution in [2.24, 2.45) is 0 Å². The lowest BCUT2D eigenvalue weighted by atomic mass is 9.99. The van der Waals surface area contributed by atoms with Crippen molar-refractivity contribution in [1.29, 1.82) is 0 Å². The molecule has 2 atom stereocenters. The Morgan fingerprint density at radius 3 is 2.93 bits per heavy atom. The van der Waals surface area contributed by atoms with E-state index in [4.69, 9.17) is 4.74 Å². The fourth-order valence-electron chi connectivity index (χ4n) is 2.84. The van der Waals surface area contributed by atoms with Crippen LogP contribution in [0.3, 0.4) is 0 Å². The molecule has 1 spiro atoms. The zero-order chi connectivity index (χ0) is 9.76. The van der Waals surface area contributed by atoms with Crippen LogP contribution in [0.5, 0.6) is 0 Å². The number of hydrogen-bond donors (Lipinski definition) is 1. The number of cyclic esters (lactones) is 1. The van der Waals surface area contributed by atoms with Crippen molar-refractivity contribution in [3.8, 4) is 0 Å². The summed E-state index contributed by atoms with van der Waals surface area (Å²) in [4.78, 5) is 13.6. The second kappa shape index (κ2) is 2.63. The molecule has 2 saturated heterocycles. The Morgan fingerprint density at radius 2 is 2.36 bits per heavy atom. The summed E-state index contributed by atoms with van der Waals surface area (Å²) in [6.45, 7) is 3.78. The Bertz CT molecular complexity index is 277. The van der Waals surface area contributed by atoms with Crippen LogP contribution in [0.2, 0.25) is 0 Å². The Kier molecular flexibility index (Phi) is 1.60. The van der Waals surface area contributed by atoms with Gasteiger partial charge in [0.15, 0.2) is 0 Å². The van der Waals surface area contributed by atoms with Crippen LogP contribution in [0.25, 0.3) is 0 Å². The number of carbonyl (C=O) groups excluding carboxylic acids is 1. The average Bonchev–Trinajstić information content (AvgIpc) is 2.84. The lowest BCUT2D eigenvalue weighted by Gasteiger charge is -2.21. The first-order chi connectivity index (χ1) is 6.69. The maximum absolute atomic E-state index is 11.1. The second-order valence-corrected chi connectivity index (χ2v) is 4.94. The van der Waals surface area contributed by atoms with Gasteiger partial charge >= 0.3 is 6.09 Å². The van der Waals surface area contributed by atoms with Crippen molar-refractivity contribution in [2.75, 3.05) is 13.2 Å². The summed E-state index contributed by atoms with van der Waals surface area (Å²) in [5.41, 5.74) is -0.0703. The molecule has 3 rings (SSSR count). The van der Waals surface area contributed by atoms with Gasteiger partial charge in [-0.3, -0.25) is 4.90 Å². The fraction of sp³-hybridized carbons (Fsp3) is 0.900. The Balaban J connectivity index is 1.75. The van der Waals surface area contributed by atoms with E-state index in [9.17, 15) is 4.79 Å². The molecule has 1 saturated carbocycles. The molecule has 1 aliphatic carbocycles. The number of hydrogen-bond acceptors (Lipinski definition) is 3. The molecule has 1 amide bonds. The highest BCUT2D eigenvalue weighted by molar-refractivity contribution is 5.71. The normalized spacial score (nSPS) is 42.9. The van der Waals surface area contributed by atoms with Gasteiger partial charge in [-0.2, -0.15) is 0 Å². The van der Waals surface area contributed by atoms with E-state index < -0.39 is 0 Å². The molecule has 0 aromatic rings. The summed E-state index contributed by atoms with van der Waals surface area (Å²) < 4.78 is 5.01. The van der Waals surface area contributed by atoms with Gasteiger partial charge in [0.1, 0.15) is 6.61 Å². The standard InChI is InChI=1S/C10H16N2O2/c1-7-4-10(6-14-9(13)11-10)5-12(7)8-2-3-8/h7-8H,2-6H2,1H3,(H,11,13). The third kappa shape index (κ3) is 1.21. The van der Waals surface area contributed by atoms with Gasteiger partial charge < -0.3 is 10.1 Å². The van der Waals surface area contributed by atoms with Crippen molar-refractivity contribution in [1.82, 2.24) is 10.2 Å². The molecule has 2 aliphatic heterocycles. The summed E-state index contributed by atoms with van der Waals surface area (Å²) >= 11 is 0. The van der Waals surface area contributed by atoms with Crippen LogP contribution >= 0.6 is 0 Å². The van der Waals surface area contributed by atoms with Gasteiger partial charge in [0.2, 0.25) is 0 Å². The van der Waals surface area contributed by atoms with Crippen LogP contribution in [-0.2, 0) is 4.74 Å². The lowest BCUT2D eigenvalue weighted by molar-refractivity contribution is 0.171. The molecule has 3 aliphatic rings. The highest BCUT2D eigenvalue weighted by Gasteiger charge is 2.51. The van der Waals surface area contributed by atoms with Gasteiger partial charge in [-0.1, -0.05) is 0 Å². The minimum absolute atomic E-state index is 0.0703. The molecule has 2 heterocycles. The van der Waals surface area contributed by atoms with Gasteiger partial charge in [-0.25, -0.2) is 4.79 Å². The van der Waals surface area contributed by atoms with E-state index in [0.29, 0.717) is 12.6 Å². The molecule has 0 radical (unpaired) electrons. The quantitative estimate of drug-likeness (QED) is 0.672. The highest BCUT2D eigenvalue weighted by Crippen LogP contribution is 2.38. The maximum Gasteiger partial charge on any atom is 0.407 e. The second-order valence-electron chi connectivity index (χ2n) is 4.94. The van der Waals surface area contributed by atoms with E-state index in [1.165, 1.54) is 12.8 Å². The van der Waals surface area contributed by atoms with Gasteiger partial charge in [-0.05, 0) is 26.2 Å². The van der Waals surface area contributed by atoms with Crippen LogP contribution in [-0.4, -0.2) is 41.8 Å². The molecule has 0 aromatic heterocycles. The number of ether oxygens (including phenoxy) is 1. The Hall–Kier alpha value is -0.770. The van der Waals surface area contributed by atoms with E-state index in [-0.39, 0.29) is 11.6 Å². The van der Waals surface area contributed by atoms with Crippen LogP contribution in [0.4, 0.5) is 4.79 Å². The molecular weight excluding hydrogens is 180 g/mol. The zero-order valence-corrected chi connectivity index (χ0v) is 8.45. The molecule has 1 N–H and O–H groups in total. The van der Waals surface area contributed by atoms with Gasteiger partial charge in [0.25, 0.3) is 0 Å². The highest BCUT2D eigenvalue weighted by atomic mass is 16.6. The van der Waals surface area contributed by atoms with Gasteiger partial charge in [-0.15, -0.1) is 0 Å². The zero-order valence-electron chi connectivity index (χ0n) is 8.45. The van der Waals surface area contributed by atoms with E-state index in [2.05, 4.69) is 17.1 Å². The maximum atomic E-state index is 11.1. The summed E-state index contributed by atoms with van der Waals surface area (Å²) in [6, 6.07) is 1.37. The first kappa shape index (κ1) is 8.53. The van der Waals surface area contributed by atoms with Crippen molar-refractivity contribution in [2.45, 2.75) is 43.8 Å². The minimum atomic E-state index is -0.241. The molecule has 2 unspecified atom stereocenters. The number of alkyl carbamates (subject to hydrolysis) is 1. The molecule has 78 valence electrons. The smallest absolute Gasteiger partial charge is 0.407 e. The molecule has 3 fully saturated rings. The average molecular weight is 196 g/mol. The lowest BCUT2D eigenvalue weighted by Crippen LogP contribution is -2.46. The van der Waals surface area contributed by atoms with Crippen molar-refractivity contribution < 1.29 is 9.53 Å². The van der Waals surface area contributed by atoms with E-state index in [1.54, 1.807) is 0 Å². The molecule has 4 nitrogen and oxygen atoms in total. The Morgan fingerprint density at radius 1 is 1.57 bits per heavy atom. The first-order valence-electron chi connectivity index (χ1n) is 5.39. The molecular formula is C10H16N2O2. The number of carbonyl (C=O) groups is 1. The molecule has 4 heteroatoms. The van der Waals surface area contributed by atoms with E-state index >= 15 is 0 Å².